The molecule has 0 unspecified atom stereocenters. The van der Waals surface area contributed by atoms with Gasteiger partial charge in [-0.3, -0.25) is 19.3 Å². The molecule has 0 aliphatic carbocycles. The number of aryl methyl sites for hydroxylation is 2. The van der Waals surface area contributed by atoms with Gasteiger partial charge in [-0.2, -0.15) is 15.3 Å². The highest BCUT2D eigenvalue weighted by molar-refractivity contribution is 9.09. The van der Waals surface area contributed by atoms with E-state index in [1.807, 2.05) is 82.9 Å². The molecule has 7 aromatic rings. The van der Waals surface area contributed by atoms with Crippen LogP contribution in [0.4, 0.5) is 11.6 Å². The van der Waals surface area contributed by atoms with Crippen LogP contribution >= 0.6 is 43.5 Å². The monoisotopic (exact) mass is 773 g/mol. The van der Waals surface area contributed by atoms with Gasteiger partial charge in [0.15, 0.2) is 5.82 Å². The summed E-state index contributed by atoms with van der Waals surface area (Å²) in [4.78, 5) is 17.9. The van der Waals surface area contributed by atoms with Crippen molar-refractivity contribution in [2.45, 2.75) is 32.9 Å². The Labute approximate surface area is 293 Å². The molecule has 238 valence electrons. The Bertz CT molecular complexity index is 2130. The van der Waals surface area contributed by atoms with Crippen LogP contribution in [0.5, 0.6) is 0 Å². The van der Waals surface area contributed by atoms with Crippen molar-refractivity contribution in [2.24, 2.45) is 0 Å². The Balaban J connectivity index is 0.000000177. The van der Waals surface area contributed by atoms with Crippen LogP contribution in [-0.2, 0) is 13.1 Å². The molecule has 0 bridgehead atoms. The van der Waals surface area contributed by atoms with Crippen molar-refractivity contribution >= 4 is 77.2 Å². The van der Waals surface area contributed by atoms with Crippen molar-refractivity contribution in [1.82, 2.24) is 49.7 Å². The first-order chi connectivity index (χ1) is 22.9. The lowest BCUT2D eigenvalue weighted by molar-refractivity contribution is 0.669. The molecule has 7 heterocycles. The minimum Gasteiger partial charge on any atom is -0.323 e. The third-order valence-electron chi connectivity index (χ3n) is 7.20. The van der Waals surface area contributed by atoms with E-state index in [0.717, 1.165) is 73.6 Å². The molecule has 47 heavy (non-hydrogen) atoms. The molecule has 0 saturated heterocycles. The normalized spacial score (nSPS) is 11.2. The molecule has 1 N–H and O–H groups in total. The first-order valence-electron chi connectivity index (χ1n) is 14.8. The second-order valence-corrected chi connectivity index (χ2v) is 12.8. The largest absolute Gasteiger partial charge is 0.323 e. The molecule has 0 saturated carbocycles. The number of nitrogens with zero attached hydrogens (tertiary/aromatic N) is 10. The van der Waals surface area contributed by atoms with Crippen LogP contribution < -0.4 is 5.32 Å². The van der Waals surface area contributed by atoms with Gasteiger partial charge in [0, 0.05) is 57.7 Å². The summed E-state index contributed by atoms with van der Waals surface area (Å²) < 4.78 is 3.79. The molecule has 0 radical (unpaired) electrons. The Kier molecular flexibility index (Phi) is 10.4. The van der Waals surface area contributed by atoms with Crippen LogP contribution in [0.1, 0.15) is 25.3 Å². The molecule has 11 nitrogen and oxygen atoms in total. The van der Waals surface area contributed by atoms with Crippen molar-refractivity contribution in [3.8, 4) is 22.3 Å². The van der Waals surface area contributed by atoms with Crippen LogP contribution in [0.25, 0.3) is 44.3 Å². The Morgan fingerprint density at radius 3 is 1.87 bits per heavy atom. The lowest BCUT2D eigenvalue weighted by Gasteiger charge is -2.09. The van der Waals surface area contributed by atoms with Crippen molar-refractivity contribution in [3.63, 3.8) is 0 Å². The van der Waals surface area contributed by atoms with E-state index in [0.29, 0.717) is 22.7 Å². The smallest absolute Gasteiger partial charge is 0.154 e. The maximum absolute atomic E-state index is 5.90. The SMILES string of the molecule is CC(C)c1cnnc(Nc2ccc3ncc(-c4cnn(CCBr)c4)cc3n2)c1.Clc1ccc2ncc(-c3cnn(CCBr)c3)cc2n1. The molecule has 0 fully saturated rings. The fourth-order valence-corrected chi connectivity index (χ4v) is 5.59. The number of fused-ring (bicyclic) bond motifs is 2. The summed E-state index contributed by atoms with van der Waals surface area (Å²) >= 11 is 12.7. The second kappa shape index (κ2) is 15.1. The summed E-state index contributed by atoms with van der Waals surface area (Å²) in [6, 6.07) is 13.4. The number of pyridine rings is 4. The first kappa shape index (κ1) is 32.6. The van der Waals surface area contributed by atoms with Gasteiger partial charge in [0.2, 0.25) is 0 Å². The fourth-order valence-electron chi connectivity index (χ4n) is 4.71. The molecule has 0 spiro atoms. The number of rotatable bonds is 9. The fraction of sp³-hybridized carbons (Fsp3) is 0.212. The third-order valence-corrected chi connectivity index (χ3v) is 8.12. The Morgan fingerprint density at radius 1 is 0.681 bits per heavy atom. The number of hydrogen-bond donors (Lipinski definition) is 1. The molecule has 14 heteroatoms. The van der Waals surface area contributed by atoms with Crippen molar-refractivity contribution < 1.29 is 0 Å². The third kappa shape index (κ3) is 8.16. The number of hydrogen-bond acceptors (Lipinski definition) is 9. The summed E-state index contributed by atoms with van der Waals surface area (Å²) in [7, 11) is 0. The van der Waals surface area contributed by atoms with E-state index in [4.69, 9.17) is 16.6 Å². The van der Waals surface area contributed by atoms with Gasteiger partial charge >= 0.3 is 0 Å². The number of halogens is 3. The van der Waals surface area contributed by atoms with Crippen LogP contribution in [-0.4, -0.2) is 60.4 Å². The molecule has 7 rings (SSSR count). The van der Waals surface area contributed by atoms with Crippen LogP contribution in [0, 0.1) is 0 Å². The lowest BCUT2D eigenvalue weighted by atomic mass is 10.1. The van der Waals surface area contributed by atoms with Crippen molar-refractivity contribution in [2.75, 3.05) is 16.0 Å². The maximum atomic E-state index is 5.90. The number of nitrogens with one attached hydrogen (secondary N) is 1. The molecular weight excluding hydrogens is 746 g/mol. The van der Waals surface area contributed by atoms with E-state index in [9.17, 15) is 0 Å². The lowest BCUT2D eigenvalue weighted by Crippen LogP contribution is -2.00. The zero-order valence-electron chi connectivity index (χ0n) is 25.6. The molecule has 7 aromatic heterocycles. The highest BCUT2D eigenvalue weighted by Crippen LogP contribution is 2.25. The van der Waals surface area contributed by atoms with Gasteiger partial charge in [-0.05, 0) is 53.9 Å². The predicted octanol–water partition coefficient (Wildman–Crippen LogP) is 8.09. The van der Waals surface area contributed by atoms with E-state index >= 15 is 0 Å². The van der Waals surface area contributed by atoms with Gasteiger partial charge in [0.1, 0.15) is 11.0 Å². The number of alkyl halides is 2. The Morgan fingerprint density at radius 2 is 1.28 bits per heavy atom. The summed E-state index contributed by atoms with van der Waals surface area (Å²) in [5, 5.41) is 22.3. The van der Waals surface area contributed by atoms with Gasteiger partial charge in [-0.1, -0.05) is 57.3 Å². The highest BCUT2D eigenvalue weighted by Gasteiger charge is 2.09. The number of anilines is 2. The van der Waals surface area contributed by atoms with E-state index in [-0.39, 0.29) is 0 Å². The second-order valence-electron chi connectivity index (χ2n) is 10.9. The Hall–Kier alpha value is -4.33. The average Bonchev–Trinajstić information content (AvgIpc) is 3.75. The average molecular weight is 776 g/mol. The summed E-state index contributed by atoms with van der Waals surface area (Å²) in [5.41, 5.74) is 8.42. The molecule has 0 aromatic carbocycles. The summed E-state index contributed by atoms with van der Waals surface area (Å²) in [6.07, 6.45) is 13.2. The van der Waals surface area contributed by atoms with Gasteiger partial charge < -0.3 is 5.32 Å². The van der Waals surface area contributed by atoms with E-state index < -0.39 is 0 Å². The maximum Gasteiger partial charge on any atom is 0.154 e. The molecule has 0 amide bonds. The van der Waals surface area contributed by atoms with Crippen molar-refractivity contribution in [3.05, 3.63) is 96.6 Å². The summed E-state index contributed by atoms with van der Waals surface area (Å²) in [6.45, 7) is 5.92. The number of aromatic nitrogens is 10. The van der Waals surface area contributed by atoms with Gasteiger partial charge in [-0.25, -0.2) is 9.97 Å². The standard InChI is InChI=1S/C20H20BrN7.C13H10BrClN4/c1-13(2)14-8-20(27-23-10-14)26-19-4-3-17-18(25-19)7-15(9-22-17)16-11-24-28(12-16)6-5-21;14-3-4-19-8-10(7-17-19)9-5-12-11(16-6-9)1-2-13(15)18-12/h3-4,7-13H,5-6H2,1-2H3,(H,25,26,27);1-2,5-8H,3-4H2. The van der Waals surface area contributed by atoms with E-state index in [2.05, 4.69) is 86.4 Å². The molecule has 0 aliphatic heterocycles. The highest BCUT2D eigenvalue weighted by atomic mass is 79.9. The minimum atomic E-state index is 0.387. The zero-order valence-corrected chi connectivity index (χ0v) is 29.5. The molecule has 0 aliphatic rings. The van der Waals surface area contributed by atoms with Gasteiger partial charge in [-0.15, -0.1) is 5.10 Å². The van der Waals surface area contributed by atoms with Crippen LogP contribution in [0.2, 0.25) is 5.15 Å². The minimum absolute atomic E-state index is 0.387. The molecular formula is C33H30Br2ClN11. The predicted molar refractivity (Wildman–Crippen MR) is 194 cm³/mol. The van der Waals surface area contributed by atoms with E-state index in [1.54, 1.807) is 12.3 Å². The quantitative estimate of drug-likeness (QED) is 0.114. The van der Waals surface area contributed by atoms with E-state index in [1.165, 1.54) is 0 Å². The van der Waals surface area contributed by atoms with Crippen molar-refractivity contribution in [1.29, 1.82) is 0 Å². The summed E-state index contributed by atoms with van der Waals surface area (Å²) in [5.74, 6) is 1.77. The van der Waals surface area contributed by atoms with Crippen LogP contribution in [0.3, 0.4) is 0 Å². The van der Waals surface area contributed by atoms with Gasteiger partial charge in [0.25, 0.3) is 0 Å². The van der Waals surface area contributed by atoms with Gasteiger partial charge in [0.05, 0.1) is 53.7 Å². The van der Waals surface area contributed by atoms with Crippen LogP contribution in [0.15, 0.2) is 85.8 Å². The first-order valence-corrected chi connectivity index (χ1v) is 17.5. The topological polar surface area (TPSA) is 125 Å². The zero-order chi connectivity index (χ0) is 32.8. The molecule has 0 atom stereocenters.